The molecule has 2 rings (SSSR count). The minimum atomic E-state index is -3.36. The Kier molecular flexibility index (Phi) is 3.08. The largest absolute Gasteiger partial charge is 0.311 e. The number of carbonyl (C=O) groups excluding carboxylic acids is 1. The zero-order valence-corrected chi connectivity index (χ0v) is 9.40. The summed E-state index contributed by atoms with van der Waals surface area (Å²) in [7, 11) is -3.36. The Hall–Kier alpha value is -0.330. The van der Waals surface area contributed by atoms with Gasteiger partial charge in [-0.1, -0.05) is 0 Å². The number of sulfonamides is 1. The smallest absolute Gasteiger partial charge is 0.237 e. The third-order valence-electron chi connectivity index (χ3n) is 2.61. The first-order chi connectivity index (χ1) is 6.00. The summed E-state index contributed by atoms with van der Waals surface area (Å²) in [6.07, 6.45) is 2.15. The summed E-state index contributed by atoms with van der Waals surface area (Å²) in [6.45, 7) is 0.800. The highest BCUT2D eigenvalue weighted by molar-refractivity contribution is 7.88. The van der Waals surface area contributed by atoms with Crippen molar-refractivity contribution < 1.29 is 13.2 Å². The van der Waals surface area contributed by atoms with Gasteiger partial charge in [0.1, 0.15) is 0 Å². The molecule has 0 bridgehead atoms. The van der Waals surface area contributed by atoms with Crippen LogP contribution < -0.4 is 5.32 Å². The van der Waals surface area contributed by atoms with Gasteiger partial charge in [0, 0.05) is 12.5 Å². The molecule has 2 heterocycles. The third-order valence-corrected chi connectivity index (χ3v) is 3.80. The highest BCUT2D eigenvalue weighted by Gasteiger charge is 2.46. The van der Waals surface area contributed by atoms with E-state index in [1.165, 1.54) is 0 Å². The van der Waals surface area contributed by atoms with Crippen LogP contribution in [-0.4, -0.2) is 43.5 Å². The van der Waals surface area contributed by atoms with Crippen LogP contribution in [0.3, 0.4) is 0 Å². The van der Waals surface area contributed by atoms with Crippen LogP contribution >= 0.6 is 12.4 Å². The van der Waals surface area contributed by atoms with Crippen LogP contribution in [0.1, 0.15) is 12.8 Å². The second-order valence-corrected chi connectivity index (χ2v) is 5.43. The van der Waals surface area contributed by atoms with E-state index in [9.17, 15) is 13.2 Å². The highest BCUT2D eigenvalue weighted by atomic mass is 35.5. The molecule has 2 saturated heterocycles. The fraction of sp³-hybridized carbons (Fsp3) is 0.857. The molecule has 2 atom stereocenters. The second-order valence-electron chi connectivity index (χ2n) is 3.57. The normalized spacial score (nSPS) is 31.5. The summed E-state index contributed by atoms with van der Waals surface area (Å²) in [4.78, 5) is 11.3. The van der Waals surface area contributed by atoms with E-state index in [0.717, 1.165) is 23.5 Å². The summed E-state index contributed by atoms with van der Waals surface area (Å²) in [5, 5.41) is 3.12. The van der Waals surface area contributed by atoms with Crippen LogP contribution in [0.4, 0.5) is 0 Å². The predicted molar refractivity (Wildman–Crippen MR) is 53.8 cm³/mol. The molecule has 0 aromatic carbocycles. The van der Waals surface area contributed by atoms with Gasteiger partial charge in [-0.25, -0.2) is 12.7 Å². The van der Waals surface area contributed by atoms with E-state index >= 15 is 0 Å². The van der Waals surface area contributed by atoms with Crippen molar-refractivity contribution >= 4 is 28.3 Å². The highest BCUT2D eigenvalue weighted by Crippen LogP contribution is 2.27. The Labute approximate surface area is 89.3 Å². The lowest BCUT2D eigenvalue weighted by Gasteiger charge is -2.20. The van der Waals surface area contributed by atoms with E-state index in [0.29, 0.717) is 6.42 Å². The monoisotopic (exact) mass is 240 g/mol. The van der Waals surface area contributed by atoms with Crippen molar-refractivity contribution in [2.24, 2.45) is 0 Å². The number of carbonyl (C=O) groups is 1. The van der Waals surface area contributed by atoms with Gasteiger partial charge < -0.3 is 5.32 Å². The number of hydrogen-bond acceptors (Lipinski definition) is 4. The van der Waals surface area contributed by atoms with Crippen LogP contribution in [0.5, 0.6) is 0 Å². The zero-order chi connectivity index (χ0) is 9.64. The van der Waals surface area contributed by atoms with E-state index in [1.54, 1.807) is 0 Å². The van der Waals surface area contributed by atoms with Crippen LogP contribution in [0, 0.1) is 0 Å². The molecule has 82 valence electrons. The van der Waals surface area contributed by atoms with Crippen molar-refractivity contribution in [3.05, 3.63) is 0 Å². The topological polar surface area (TPSA) is 66.5 Å². The molecule has 0 spiro atoms. The Bertz CT molecular complexity index is 343. The number of nitrogens with one attached hydrogen (secondary N) is 1. The first-order valence-electron chi connectivity index (χ1n) is 4.26. The second kappa shape index (κ2) is 3.67. The molecule has 1 amide bonds. The van der Waals surface area contributed by atoms with Gasteiger partial charge in [0.15, 0.2) is 0 Å². The van der Waals surface area contributed by atoms with Crippen molar-refractivity contribution in [3.8, 4) is 0 Å². The molecule has 2 fully saturated rings. The molecular weight excluding hydrogens is 228 g/mol. The van der Waals surface area contributed by atoms with Crippen molar-refractivity contribution in [2.75, 3.05) is 12.8 Å². The molecule has 0 aliphatic carbocycles. The maximum atomic E-state index is 11.3. The van der Waals surface area contributed by atoms with Gasteiger partial charge in [0.25, 0.3) is 0 Å². The maximum Gasteiger partial charge on any atom is 0.237 e. The molecule has 0 saturated carbocycles. The Morgan fingerprint density at radius 3 is 2.71 bits per heavy atom. The molecule has 0 aromatic heterocycles. The maximum absolute atomic E-state index is 11.3. The lowest BCUT2D eigenvalue weighted by Crippen LogP contribution is -2.39. The summed E-state index contributed by atoms with van der Waals surface area (Å²) in [5.41, 5.74) is 0. The van der Waals surface area contributed by atoms with E-state index < -0.39 is 10.0 Å². The Balaban J connectivity index is 0.000000980. The van der Waals surface area contributed by atoms with Crippen molar-refractivity contribution in [1.82, 2.24) is 9.62 Å². The van der Waals surface area contributed by atoms with Gasteiger partial charge >= 0.3 is 0 Å². The van der Waals surface area contributed by atoms with Crippen molar-refractivity contribution in [3.63, 3.8) is 0 Å². The third kappa shape index (κ3) is 1.74. The zero-order valence-electron chi connectivity index (χ0n) is 7.76. The molecule has 2 aliphatic rings. The molecule has 14 heavy (non-hydrogen) atoms. The van der Waals surface area contributed by atoms with Crippen LogP contribution in [-0.2, 0) is 14.8 Å². The van der Waals surface area contributed by atoms with Crippen LogP contribution in [0.2, 0.25) is 0 Å². The fourth-order valence-electron chi connectivity index (χ4n) is 2.14. The van der Waals surface area contributed by atoms with E-state index in [4.69, 9.17) is 0 Å². The minimum absolute atomic E-state index is 0. The van der Waals surface area contributed by atoms with Gasteiger partial charge in [-0.15, -0.1) is 12.4 Å². The summed E-state index contributed by atoms with van der Waals surface area (Å²) in [5.74, 6) is -0.273. The van der Waals surface area contributed by atoms with Gasteiger partial charge in [-0.3, -0.25) is 4.79 Å². The van der Waals surface area contributed by atoms with Crippen LogP contribution in [0.15, 0.2) is 0 Å². The van der Waals surface area contributed by atoms with Crippen molar-refractivity contribution in [2.45, 2.75) is 24.9 Å². The molecule has 2 aliphatic heterocycles. The molecule has 5 nitrogen and oxygen atoms in total. The number of nitrogens with zero attached hydrogens (tertiary/aromatic N) is 1. The molecule has 0 aromatic rings. The Morgan fingerprint density at radius 1 is 1.50 bits per heavy atom. The first kappa shape index (κ1) is 11.7. The predicted octanol–water partition coefficient (Wildman–Crippen LogP) is -0.669. The number of amides is 1. The lowest BCUT2D eigenvalue weighted by atomic mass is 10.1. The number of hydrogen-bond donors (Lipinski definition) is 1. The summed E-state index contributed by atoms with van der Waals surface area (Å²) in [6, 6.07) is -0.0928. The molecule has 1 N–H and O–H groups in total. The Morgan fingerprint density at radius 2 is 2.14 bits per heavy atom. The quantitative estimate of drug-likeness (QED) is 0.660. The number of halogens is 1. The van der Waals surface area contributed by atoms with E-state index in [2.05, 4.69) is 5.32 Å². The average Bonchev–Trinajstić information content (AvgIpc) is 2.41. The standard InChI is InChI=1S/C7H12N2O3S.ClH/c1-13(11,12)9-6-2-3-8-5(6)4-7(9)10;/h5-6,8H,2-4H2,1H3;1H. The molecule has 7 heteroatoms. The van der Waals surface area contributed by atoms with E-state index in [1.807, 2.05) is 0 Å². The molecule has 0 radical (unpaired) electrons. The number of fused-ring (bicyclic) bond motifs is 1. The van der Waals surface area contributed by atoms with Gasteiger partial charge in [-0.05, 0) is 13.0 Å². The summed E-state index contributed by atoms with van der Waals surface area (Å²) >= 11 is 0. The average molecular weight is 241 g/mol. The molecular formula is C7H13ClN2O3S. The van der Waals surface area contributed by atoms with Gasteiger partial charge in [-0.2, -0.15) is 0 Å². The summed E-state index contributed by atoms with van der Waals surface area (Å²) < 4.78 is 23.6. The number of rotatable bonds is 1. The fourth-order valence-corrected chi connectivity index (χ4v) is 3.33. The van der Waals surface area contributed by atoms with E-state index in [-0.39, 0.29) is 30.4 Å². The van der Waals surface area contributed by atoms with Gasteiger partial charge in [0.05, 0.1) is 12.3 Å². The van der Waals surface area contributed by atoms with Crippen molar-refractivity contribution in [1.29, 1.82) is 0 Å². The minimum Gasteiger partial charge on any atom is -0.311 e. The molecule has 2 unspecified atom stereocenters. The lowest BCUT2D eigenvalue weighted by molar-refractivity contribution is -0.124. The first-order valence-corrected chi connectivity index (χ1v) is 6.10. The SMILES string of the molecule is CS(=O)(=O)N1C(=O)CC2NCCC21.Cl. The van der Waals surface area contributed by atoms with Crippen LogP contribution in [0.25, 0.3) is 0 Å². The van der Waals surface area contributed by atoms with Gasteiger partial charge in [0.2, 0.25) is 15.9 Å².